The third-order valence-electron chi connectivity index (χ3n) is 5.21. The molecule has 0 N–H and O–H groups in total. The van der Waals surface area contributed by atoms with E-state index in [0.29, 0.717) is 12.0 Å². The maximum Gasteiger partial charge on any atom is 0.122 e. The Morgan fingerprint density at radius 2 is 1.82 bits per heavy atom. The highest BCUT2D eigenvalue weighted by Gasteiger charge is 2.44. The Kier molecular flexibility index (Phi) is 3.52. The number of fused-ring (bicyclic) bond motifs is 5. The van der Waals surface area contributed by atoms with E-state index in [0.717, 1.165) is 9.51 Å². The van der Waals surface area contributed by atoms with Crippen LogP contribution in [-0.4, -0.2) is 25.1 Å². The molecule has 3 heteroatoms. The van der Waals surface area contributed by atoms with Crippen molar-refractivity contribution in [3.05, 3.63) is 58.6 Å². The van der Waals surface area contributed by atoms with Gasteiger partial charge in [-0.3, -0.25) is 0 Å². The normalized spacial score (nSPS) is 25.6. The van der Waals surface area contributed by atoms with Crippen LogP contribution in [0.15, 0.2) is 52.3 Å². The van der Waals surface area contributed by atoms with Gasteiger partial charge in [0.05, 0.1) is 20.6 Å². The Morgan fingerprint density at radius 3 is 2.68 bits per heavy atom. The average molecular weight is 331 g/mol. The first-order valence-corrected chi connectivity index (χ1v) is 9.14. The summed E-state index contributed by atoms with van der Waals surface area (Å²) in [7, 11) is 4.75. The minimum absolute atomic E-state index is 0.499. The van der Waals surface area contributed by atoms with Crippen molar-refractivity contribution in [2.24, 2.45) is 0 Å². The molecule has 0 saturated carbocycles. The summed E-state index contributed by atoms with van der Waals surface area (Å²) < 4.78 is 1.05. The molecule has 114 valence electrons. The topological polar surface area (TPSA) is 0 Å². The Balaban J connectivity index is 1.98. The summed E-state index contributed by atoms with van der Waals surface area (Å²) in [6.45, 7) is 1.24. The molecule has 0 spiro atoms. The molecule has 1 nitrogen and oxygen atoms in total. The predicted octanol–water partition coefficient (Wildman–Crippen LogP) is 5.50. The Hall–Kier alpha value is -0.960. The van der Waals surface area contributed by atoms with Gasteiger partial charge in [0.2, 0.25) is 0 Å². The van der Waals surface area contributed by atoms with Crippen molar-refractivity contribution in [3.8, 4) is 0 Å². The lowest BCUT2D eigenvalue weighted by atomic mass is 9.79. The van der Waals surface area contributed by atoms with E-state index in [-0.39, 0.29) is 0 Å². The van der Waals surface area contributed by atoms with Crippen LogP contribution in [0.2, 0.25) is 5.02 Å². The number of hydrogen-bond acceptors (Lipinski definition) is 1. The molecule has 0 aromatic heterocycles. The van der Waals surface area contributed by atoms with E-state index < -0.39 is 0 Å². The van der Waals surface area contributed by atoms with Crippen molar-refractivity contribution in [3.63, 3.8) is 0 Å². The van der Waals surface area contributed by atoms with Gasteiger partial charge in [0.15, 0.2) is 0 Å². The van der Waals surface area contributed by atoms with Gasteiger partial charge >= 0.3 is 0 Å². The first-order valence-electron chi connectivity index (χ1n) is 7.95. The van der Waals surface area contributed by atoms with Crippen molar-refractivity contribution < 1.29 is 4.48 Å². The Morgan fingerprint density at radius 1 is 1.05 bits per heavy atom. The van der Waals surface area contributed by atoms with Gasteiger partial charge in [0.25, 0.3) is 0 Å². The number of halogens is 1. The van der Waals surface area contributed by atoms with Gasteiger partial charge in [-0.15, -0.1) is 0 Å². The van der Waals surface area contributed by atoms with Crippen LogP contribution < -0.4 is 0 Å². The molecule has 0 radical (unpaired) electrons. The third-order valence-corrected chi connectivity index (χ3v) is 6.63. The van der Waals surface area contributed by atoms with Crippen LogP contribution in [0, 0.1) is 0 Å². The van der Waals surface area contributed by atoms with Crippen LogP contribution in [0.4, 0.5) is 0 Å². The lowest BCUT2D eigenvalue weighted by Gasteiger charge is -2.46. The molecule has 2 aliphatic rings. The summed E-state index contributed by atoms with van der Waals surface area (Å²) in [6.07, 6.45) is 2.57. The molecule has 4 rings (SSSR count). The van der Waals surface area contributed by atoms with Crippen LogP contribution >= 0.6 is 23.4 Å². The van der Waals surface area contributed by atoms with Gasteiger partial charge in [-0.2, -0.15) is 0 Å². The fraction of sp³-hybridized carbons (Fsp3) is 0.368. The van der Waals surface area contributed by atoms with Gasteiger partial charge in [-0.25, -0.2) is 0 Å². The number of likely N-dealkylation sites (tertiary alicyclic amines) is 1. The highest BCUT2D eigenvalue weighted by molar-refractivity contribution is 7.99. The van der Waals surface area contributed by atoms with Crippen LogP contribution in [0.5, 0.6) is 0 Å². The van der Waals surface area contributed by atoms with E-state index in [4.69, 9.17) is 11.6 Å². The number of hydrogen-bond donors (Lipinski definition) is 0. The van der Waals surface area contributed by atoms with E-state index in [9.17, 15) is 0 Å². The summed E-state index contributed by atoms with van der Waals surface area (Å²) >= 11 is 8.26. The fourth-order valence-corrected chi connectivity index (χ4v) is 5.60. The summed E-state index contributed by atoms with van der Waals surface area (Å²) in [5.41, 5.74) is 2.96. The van der Waals surface area contributed by atoms with Crippen molar-refractivity contribution in [2.75, 3.05) is 20.6 Å². The SMILES string of the molecule is C[N+]1(C)CCC[C@@H]2c3ccccc3Sc3ccc(Cl)cc3[C@H]21. The molecule has 0 aliphatic carbocycles. The molecule has 22 heavy (non-hydrogen) atoms. The summed E-state index contributed by atoms with van der Waals surface area (Å²) in [5, 5.41) is 0.856. The molecule has 0 amide bonds. The Bertz CT molecular complexity index is 725. The van der Waals surface area contributed by atoms with Crippen LogP contribution in [0.1, 0.15) is 35.9 Å². The van der Waals surface area contributed by atoms with Crippen molar-refractivity contribution in [2.45, 2.75) is 34.6 Å². The standard InChI is InChI=1S/C19H21ClNS/c1-21(2)11-5-7-15-14-6-3-4-8-17(14)22-18-10-9-13(20)12-16(18)19(15)21/h3-4,6,8-10,12,15,19H,5,7,11H2,1-2H3/q+1/t15-,19+/m1/s1. The van der Waals surface area contributed by atoms with Gasteiger partial charge in [-0.1, -0.05) is 41.6 Å². The van der Waals surface area contributed by atoms with E-state index in [1.165, 1.54) is 40.3 Å². The molecule has 2 heterocycles. The zero-order valence-electron chi connectivity index (χ0n) is 13.1. The number of benzene rings is 2. The summed E-state index contributed by atoms with van der Waals surface area (Å²) in [4.78, 5) is 2.79. The number of quaternary nitrogens is 1. The molecular weight excluding hydrogens is 310 g/mol. The zero-order valence-corrected chi connectivity index (χ0v) is 14.6. The largest absolute Gasteiger partial charge is 0.322 e. The van der Waals surface area contributed by atoms with E-state index in [2.05, 4.69) is 50.5 Å². The first-order chi connectivity index (χ1) is 10.6. The zero-order chi connectivity index (χ0) is 15.3. The second-order valence-electron chi connectivity index (χ2n) is 7.02. The second-order valence-corrected chi connectivity index (χ2v) is 8.54. The monoisotopic (exact) mass is 330 g/mol. The third kappa shape index (κ3) is 2.29. The van der Waals surface area contributed by atoms with E-state index >= 15 is 0 Å². The molecule has 1 saturated heterocycles. The lowest BCUT2D eigenvalue weighted by molar-refractivity contribution is -0.928. The molecule has 2 aromatic carbocycles. The highest BCUT2D eigenvalue weighted by atomic mass is 35.5. The average Bonchev–Trinajstić information content (AvgIpc) is 2.62. The fourth-order valence-electron chi connectivity index (χ4n) is 4.26. The van der Waals surface area contributed by atoms with Crippen LogP contribution in [0.3, 0.4) is 0 Å². The first kappa shape index (κ1) is 14.6. The summed E-state index contributed by atoms with van der Waals surface area (Å²) in [6, 6.07) is 15.9. The Labute approximate surface area is 141 Å². The quantitative estimate of drug-likeness (QED) is 0.575. The minimum atomic E-state index is 0.499. The van der Waals surface area contributed by atoms with Gasteiger partial charge in [-0.05, 0) is 42.7 Å². The maximum atomic E-state index is 6.35. The smallest absolute Gasteiger partial charge is 0.122 e. The molecule has 2 aromatic rings. The second kappa shape index (κ2) is 5.30. The number of rotatable bonds is 0. The number of nitrogens with zero attached hydrogens (tertiary/aromatic N) is 1. The van der Waals surface area contributed by atoms with Crippen LogP contribution in [0.25, 0.3) is 0 Å². The summed E-state index contributed by atoms with van der Waals surface area (Å²) in [5.74, 6) is 0.590. The molecule has 0 unspecified atom stereocenters. The van der Waals surface area contributed by atoms with Gasteiger partial charge < -0.3 is 4.48 Å². The highest BCUT2D eigenvalue weighted by Crippen LogP contribution is 2.53. The molecule has 0 bridgehead atoms. The minimum Gasteiger partial charge on any atom is -0.322 e. The number of piperidine rings is 1. The molecule has 2 atom stereocenters. The predicted molar refractivity (Wildman–Crippen MR) is 93.7 cm³/mol. The van der Waals surface area contributed by atoms with Crippen molar-refractivity contribution >= 4 is 23.4 Å². The van der Waals surface area contributed by atoms with Crippen molar-refractivity contribution in [1.82, 2.24) is 0 Å². The van der Waals surface area contributed by atoms with E-state index in [1.54, 1.807) is 0 Å². The van der Waals surface area contributed by atoms with Gasteiger partial charge in [0.1, 0.15) is 6.04 Å². The van der Waals surface area contributed by atoms with Gasteiger partial charge in [0, 0.05) is 26.3 Å². The van der Waals surface area contributed by atoms with Crippen molar-refractivity contribution in [1.29, 1.82) is 0 Å². The molecule has 2 aliphatic heterocycles. The lowest BCUT2D eigenvalue weighted by Crippen LogP contribution is -2.49. The molecular formula is C19H21ClNS+. The van der Waals surface area contributed by atoms with E-state index in [1.807, 2.05) is 17.8 Å². The maximum absolute atomic E-state index is 6.35. The number of likely N-dealkylation sites (N-methyl/N-ethyl adjacent to an activating group) is 1. The molecule has 1 fully saturated rings. The van der Waals surface area contributed by atoms with Crippen LogP contribution in [-0.2, 0) is 0 Å².